The number of anilines is 2. The summed E-state index contributed by atoms with van der Waals surface area (Å²) in [6.07, 6.45) is 1.69. The molecule has 1 aromatic carbocycles. The van der Waals surface area contributed by atoms with Gasteiger partial charge in [-0.15, -0.1) is 10.2 Å². The second-order valence-corrected chi connectivity index (χ2v) is 8.57. The molecule has 34 heavy (non-hydrogen) atoms. The van der Waals surface area contributed by atoms with E-state index in [0.29, 0.717) is 62.3 Å². The molecule has 0 aliphatic carbocycles. The summed E-state index contributed by atoms with van der Waals surface area (Å²) < 4.78 is 7.27. The molecular weight excluding hydrogens is 434 g/mol. The van der Waals surface area contributed by atoms with Crippen molar-refractivity contribution in [2.24, 2.45) is 0 Å². The maximum atomic E-state index is 13.2. The number of carbonyl (C=O) groups excluding carboxylic acids is 2. The molecule has 2 aromatic heterocycles. The van der Waals surface area contributed by atoms with Crippen LogP contribution in [0.2, 0.25) is 0 Å². The van der Waals surface area contributed by atoms with E-state index in [1.54, 1.807) is 33.2 Å². The molecule has 2 saturated heterocycles. The molecule has 176 valence electrons. The average Bonchev–Trinajstić information content (AvgIpc) is 3.52. The van der Waals surface area contributed by atoms with E-state index >= 15 is 0 Å². The smallest absolute Gasteiger partial charge is 0.330 e. The molecule has 3 amide bonds. The van der Waals surface area contributed by atoms with Gasteiger partial charge in [-0.05, 0) is 50.2 Å². The minimum absolute atomic E-state index is 0.0144. The molecule has 0 radical (unpaired) electrons. The van der Waals surface area contributed by atoms with Gasteiger partial charge in [-0.2, -0.15) is 0 Å². The second kappa shape index (κ2) is 9.22. The van der Waals surface area contributed by atoms with Gasteiger partial charge in [0.25, 0.3) is 5.91 Å². The average molecular weight is 462 g/mol. The van der Waals surface area contributed by atoms with Crippen LogP contribution in [-0.2, 0) is 4.74 Å². The molecule has 0 spiro atoms. The SMILES string of the molecule is CC(C)n1cnnc1-c1cccc(N2CCN(c3ccc(C(=O)N4CCOCC4)cc3)C2=O)n1. The van der Waals surface area contributed by atoms with E-state index in [1.807, 2.05) is 34.9 Å². The summed E-state index contributed by atoms with van der Waals surface area (Å²) in [5.41, 5.74) is 2.03. The van der Waals surface area contributed by atoms with Gasteiger partial charge in [-0.1, -0.05) is 6.07 Å². The molecule has 2 aliphatic rings. The minimum Gasteiger partial charge on any atom is -0.378 e. The van der Waals surface area contributed by atoms with Crippen LogP contribution in [0, 0.1) is 0 Å². The molecule has 0 unspecified atom stereocenters. The molecule has 4 heterocycles. The number of morpholine rings is 1. The maximum absolute atomic E-state index is 13.2. The number of urea groups is 1. The molecule has 10 heteroatoms. The number of ether oxygens (including phenoxy) is 1. The Bertz CT molecular complexity index is 1190. The van der Waals surface area contributed by atoms with Crippen LogP contribution in [0.15, 0.2) is 48.8 Å². The molecule has 5 rings (SSSR count). The summed E-state index contributed by atoms with van der Waals surface area (Å²) in [5.74, 6) is 1.22. The van der Waals surface area contributed by atoms with Crippen LogP contribution in [0.1, 0.15) is 30.2 Å². The van der Waals surface area contributed by atoms with Gasteiger partial charge in [-0.25, -0.2) is 9.78 Å². The van der Waals surface area contributed by atoms with Gasteiger partial charge in [0.2, 0.25) is 0 Å². The Morgan fingerprint density at radius 3 is 2.44 bits per heavy atom. The minimum atomic E-state index is -0.151. The lowest BCUT2D eigenvalue weighted by Crippen LogP contribution is -2.40. The molecule has 0 bridgehead atoms. The highest BCUT2D eigenvalue weighted by atomic mass is 16.5. The van der Waals surface area contributed by atoms with Gasteiger partial charge in [0, 0.05) is 43.5 Å². The highest BCUT2D eigenvalue weighted by Gasteiger charge is 2.32. The highest BCUT2D eigenvalue weighted by Crippen LogP contribution is 2.27. The first-order chi connectivity index (χ1) is 16.5. The quantitative estimate of drug-likeness (QED) is 0.580. The third-order valence-corrected chi connectivity index (χ3v) is 6.10. The standard InChI is InChI=1S/C24H27N7O3/c1-17(2)31-16-25-27-22(31)20-4-3-5-21(26-20)30-11-10-29(24(30)33)19-8-6-18(7-9-19)23(32)28-12-14-34-15-13-28/h3-9,16-17H,10-15H2,1-2H3. The molecule has 2 fully saturated rings. The Morgan fingerprint density at radius 1 is 0.971 bits per heavy atom. The predicted molar refractivity (Wildman–Crippen MR) is 127 cm³/mol. The fourth-order valence-electron chi connectivity index (χ4n) is 4.22. The summed E-state index contributed by atoms with van der Waals surface area (Å²) >= 11 is 0. The van der Waals surface area contributed by atoms with Crippen molar-refractivity contribution in [3.05, 3.63) is 54.4 Å². The van der Waals surface area contributed by atoms with Gasteiger partial charge in [-0.3, -0.25) is 14.6 Å². The van der Waals surface area contributed by atoms with Crippen LogP contribution in [0.25, 0.3) is 11.5 Å². The summed E-state index contributed by atoms with van der Waals surface area (Å²) in [6, 6.07) is 12.8. The number of benzene rings is 1. The van der Waals surface area contributed by atoms with E-state index in [0.717, 1.165) is 5.69 Å². The fraction of sp³-hybridized carbons (Fsp3) is 0.375. The number of nitrogens with zero attached hydrogens (tertiary/aromatic N) is 7. The molecule has 0 saturated carbocycles. The van der Waals surface area contributed by atoms with Crippen molar-refractivity contribution in [2.75, 3.05) is 49.2 Å². The van der Waals surface area contributed by atoms with Crippen molar-refractivity contribution >= 4 is 23.4 Å². The zero-order chi connectivity index (χ0) is 23.7. The van der Waals surface area contributed by atoms with E-state index in [2.05, 4.69) is 24.0 Å². The summed E-state index contributed by atoms with van der Waals surface area (Å²) in [7, 11) is 0. The number of carbonyl (C=O) groups is 2. The van der Waals surface area contributed by atoms with Gasteiger partial charge in [0.05, 0.1) is 13.2 Å². The number of amides is 3. The number of hydrogen-bond acceptors (Lipinski definition) is 6. The molecular formula is C24H27N7O3. The van der Waals surface area contributed by atoms with Gasteiger partial charge >= 0.3 is 6.03 Å². The molecule has 10 nitrogen and oxygen atoms in total. The third kappa shape index (κ3) is 4.12. The molecule has 0 N–H and O–H groups in total. The Kier molecular flexibility index (Phi) is 5.97. The predicted octanol–water partition coefficient (Wildman–Crippen LogP) is 2.84. The lowest BCUT2D eigenvalue weighted by Gasteiger charge is -2.27. The largest absolute Gasteiger partial charge is 0.378 e. The second-order valence-electron chi connectivity index (χ2n) is 8.57. The van der Waals surface area contributed by atoms with Gasteiger partial charge in [0.1, 0.15) is 17.8 Å². The van der Waals surface area contributed by atoms with Crippen LogP contribution in [0.3, 0.4) is 0 Å². The molecule has 0 atom stereocenters. The first kappa shape index (κ1) is 22.0. The van der Waals surface area contributed by atoms with Crippen molar-refractivity contribution in [1.82, 2.24) is 24.6 Å². The molecule has 2 aliphatic heterocycles. The Morgan fingerprint density at radius 2 is 1.71 bits per heavy atom. The third-order valence-electron chi connectivity index (χ3n) is 6.10. The summed E-state index contributed by atoms with van der Waals surface area (Å²) in [4.78, 5) is 35.8. The first-order valence-corrected chi connectivity index (χ1v) is 11.5. The highest BCUT2D eigenvalue weighted by molar-refractivity contribution is 6.06. The van der Waals surface area contributed by atoms with Crippen LogP contribution in [0.4, 0.5) is 16.3 Å². The van der Waals surface area contributed by atoms with E-state index in [1.165, 1.54) is 0 Å². The number of hydrogen-bond donors (Lipinski definition) is 0. The van der Waals surface area contributed by atoms with Crippen LogP contribution >= 0.6 is 0 Å². The van der Waals surface area contributed by atoms with Gasteiger partial charge < -0.3 is 14.2 Å². The number of aromatic nitrogens is 4. The Labute approximate surface area is 197 Å². The zero-order valence-corrected chi connectivity index (χ0v) is 19.3. The first-order valence-electron chi connectivity index (χ1n) is 11.5. The van der Waals surface area contributed by atoms with Crippen LogP contribution in [-0.4, -0.2) is 76.0 Å². The normalized spacial score (nSPS) is 16.6. The lowest BCUT2D eigenvalue weighted by molar-refractivity contribution is 0.0303. The van der Waals surface area contributed by atoms with E-state index in [4.69, 9.17) is 9.72 Å². The summed E-state index contributed by atoms with van der Waals surface area (Å²) in [6.45, 7) is 7.47. The summed E-state index contributed by atoms with van der Waals surface area (Å²) in [5, 5.41) is 8.23. The van der Waals surface area contributed by atoms with E-state index < -0.39 is 0 Å². The topological polar surface area (TPSA) is 96.7 Å². The van der Waals surface area contributed by atoms with Gasteiger partial charge in [0.15, 0.2) is 5.82 Å². The van der Waals surface area contributed by atoms with Crippen LogP contribution in [0.5, 0.6) is 0 Å². The maximum Gasteiger partial charge on any atom is 0.330 e. The van der Waals surface area contributed by atoms with Crippen molar-refractivity contribution < 1.29 is 14.3 Å². The van der Waals surface area contributed by atoms with Crippen LogP contribution < -0.4 is 9.80 Å². The van der Waals surface area contributed by atoms with E-state index in [-0.39, 0.29) is 18.0 Å². The van der Waals surface area contributed by atoms with Crippen molar-refractivity contribution in [1.29, 1.82) is 0 Å². The fourth-order valence-corrected chi connectivity index (χ4v) is 4.22. The van der Waals surface area contributed by atoms with E-state index in [9.17, 15) is 9.59 Å². The number of rotatable bonds is 5. The van der Waals surface area contributed by atoms with Crippen molar-refractivity contribution in [3.63, 3.8) is 0 Å². The Hall–Kier alpha value is -3.79. The van der Waals surface area contributed by atoms with Crippen molar-refractivity contribution in [2.45, 2.75) is 19.9 Å². The molecule has 3 aromatic rings. The van der Waals surface area contributed by atoms with Crippen molar-refractivity contribution in [3.8, 4) is 11.5 Å². The monoisotopic (exact) mass is 461 g/mol. The zero-order valence-electron chi connectivity index (χ0n) is 19.3. The number of pyridine rings is 1. The Balaban J connectivity index is 1.32. The lowest BCUT2D eigenvalue weighted by atomic mass is 10.1.